The third-order valence-corrected chi connectivity index (χ3v) is 6.99. The molecule has 0 spiro atoms. The van der Waals surface area contributed by atoms with Crippen molar-refractivity contribution in [3.8, 4) is 17.2 Å². The van der Waals surface area contributed by atoms with Crippen LogP contribution in [0, 0.1) is 6.92 Å². The number of hydrogen-bond acceptors (Lipinski definition) is 4. The van der Waals surface area contributed by atoms with Crippen LogP contribution in [-0.2, 0) is 0 Å². The number of pyridine rings is 1. The number of rotatable bonds is 6. The molecule has 0 saturated carbocycles. The molecular formula is C27H25ClN4O2S. The quantitative estimate of drug-likeness (QED) is 0.324. The summed E-state index contributed by atoms with van der Waals surface area (Å²) >= 11 is 12.2. The lowest BCUT2D eigenvalue weighted by Gasteiger charge is -2.30. The fourth-order valence-corrected chi connectivity index (χ4v) is 5.00. The Balaban J connectivity index is 1.69. The van der Waals surface area contributed by atoms with Gasteiger partial charge >= 0.3 is 0 Å². The monoisotopic (exact) mass is 504 g/mol. The Morgan fingerprint density at radius 3 is 2.57 bits per heavy atom. The summed E-state index contributed by atoms with van der Waals surface area (Å²) in [5.41, 5.74) is 4.82. The van der Waals surface area contributed by atoms with E-state index in [1.807, 2.05) is 61.5 Å². The molecule has 3 heterocycles. The van der Waals surface area contributed by atoms with Gasteiger partial charge in [-0.2, -0.15) is 0 Å². The number of nitrogens with one attached hydrogen (secondary N) is 1. The van der Waals surface area contributed by atoms with Gasteiger partial charge in [0.25, 0.3) is 0 Å². The van der Waals surface area contributed by atoms with Crippen LogP contribution in [0.2, 0.25) is 5.02 Å². The van der Waals surface area contributed by atoms with Crippen LogP contribution in [0.25, 0.3) is 5.69 Å². The average molecular weight is 505 g/mol. The summed E-state index contributed by atoms with van der Waals surface area (Å²) in [5, 5.41) is 4.84. The van der Waals surface area contributed by atoms with Crippen molar-refractivity contribution in [2.75, 3.05) is 19.1 Å². The topological polar surface area (TPSA) is 51.5 Å². The normalized spacial score (nSPS) is 17.4. The Kier molecular flexibility index (Phi) is 6.36. The maximum Gasteiger partial charge on any atom is 0.174 e. The van der Waals surface area contributed by atoms with E-state index in [4.69, 9.17) is 33.3 Å². The molecule has 0 radical (unpaired) electrons. The number of anilines is 1. The molecule has 1 aliphatic heterocycles. The van der Waals surface area contributed by atoms with Gasteiger partial charge in [0.2, 0.25) is 0 Å². The highest BCUT2D eigenvalue weighted by Gasteiger charge is 2.43. The second kappa shape index (κ2) is 9.60. The van der Waals surface area contributed by atoms with Crippen LogP contribution in [0.15, 0.2) is 79.1 Å². The van der Waals surface area contributed by atoms with E-state index in [9.17, 15) is 0 Å². The molecule has 6 nitrogen and oxygen atoms in total. The highest BCUT2D eigenvalue weighted by atomic mass is 35.5. The van der Waals surface area contributed by atoms with Crippen LogP contribution in [0.5, 0.6) is 11.5 Å². The number of aryl methyl sites for hydroxylation is 1. The number of thiocarbonyl (C=S) groups is 1. The summed E-state index contributed by atoms with van der Waals surface area (Å²) < 4.78 is 13.3. The molecule has 8 heteroatoms. The number of methoxy groups -OCH3 is 2. The lowest BCUT2D eigenvalue weighted by molar-refractivity contribution is 0.394. The third-order valence-electron chi connectivity index (χ3n) is 6.25. The standard InChI is InChI=1S/C27H25ClN4O2S/c1-17-15-18(9-11-20(17)28)31-14-6-8-23(31)26-25(21-7-4-5-13-29-21)30-27(35)32(26)22-12-10-19(33-2)16-24(22)34-3/h4-16,25-26H,1-3H3,(H,30,35)/t25-,26-/m1/s1. The second-order valence-corrected chi connectivity index (χ2v) is 9.06. The number of halogens is 1. The molecule has 1 fully saturated rings. The zero-order valence-electron chi connectivity index (χ0n) is 19.6. The Labute approximate surface area is 215 Å². The first-order chi connectivity index (χ1) is 17.0. The van der Waals surface area contributed by atoms with Gasteiger partial charge in [0, 0.05) is 34.9 Å². The van der Waals surface area contributed by atoms with E-state index < -0.39 is 0 Å². The van der Waals surface area contributed by atoms with Gasteiger partial charge in [-0.1, -0.05) is 17.7 Å². The minimum atomic E-state index is -0.203. The molecule has 2 aromatic heterocycles. The summed E-state index contributed by atoms with van der Waals surface area (Å²) in [6.45, 7) is 2.01. The van der Waals surface area contributed by atoms with Crippen LogP contribution >= 0.6 is 23.8 Å². The van der Waals surface area contributed by atoms with Gasteiger partial charge in [-0.25, -0.2) is 0 Å². The van der Waals surface area contributed by atoms with E-state index in [-0.39, 0.29) is 12.1 Å². The number of aromatic nitrogens is 2. The van der Waals surface area contributed by atoms with Crippen LogP contribution in [0.1, 0.15) is 29.0 Å². The molecule has 5 rings (SSSR count). The number of ether oxygens (including phenoxy) is 2. The lowest BCUT2D eigenvalue weighted by Crippen LogP contribution is -2.30. The van der Waals surface area contributed by atoms with Crippen molar-refractivity contribution in [2.24, 2.45) is 0 Å². The van der Waals surface area contributed by atoms with Gasteiger partial charge in [-0.15, -0.1) is 0 Å². The van der Waals surface area contributed by atoms with Gasteiger partial charge in [0.1, 0.15) is 17.5 Å². The predicted molar refractivity (Wildman–Crippen MR) is 143 cm³/mol. The number of nitrogens with zero attached hydrogens (tertiary/aromatic N) is 3. The van der Waals surface area contributed by atoms with Crippen molar-refractivity contribution < 1.29 is 9.47 Å². The molecule has 35 heavy (non-hydrogen) atoms. The van der Waals surface area contributed by atoms with Crippen molar-refractivity contribution >= 4 is 34.6 Å². The van der Waals surface area contributed by atoms with Crippen LogP contribution in [0.3, 0.4) is 0 Å². The fraction of sp³-hybridized carbons (Fsp3) is 0.185. The molecular weight excluding hydrogens is 480 g/mol. The average Bonchev–Trinajstić information content (AvgIpc) is 3.50. The molecule has 4 aromatic rings. The zero-order valence-corrected chi connectivity index (χ0v) is 21.2. The Morgan fingerprint density at radius 2 is 1.86 bits per heavy atom. The molecule has 2 atom stereocenters. The van der Waals surface area contributed by atoms with E-state index >= 15 is 0 Å². The van der Waals surface area contributed by atoms with Crippen molar-refractivity contribution in [2.45, 2.75) is 19.0 Å². The summed E-state index contributed by atoms with van der Waals surface area (Å²) in [6.07, 6.45) is 3.85. The first-order valence-corrected chi connectivity index (χ1v) is 12.0. The molecule has 0 bridgehead atoms. The van der Waals surface area contributed by atoms with Crippen molar-refractivity contribution in [3.63, 3.8) is 0 Å². The zero-order chi connectivity index (χ0) is 24.5. The van der Waals surface area contributed by atoms with E-state index in [0.717, 1.165) is 33.3 Å². The van der Waals surface area contributed by atoms with Gasteiger partial charge in [-0.05, 0) is 79.3 Å². The fourth-order valence-electron chi connectivity index (χ4n) is 4.55. The van der Waals surface area contributed by atoms with Crippen LogP contribution < -0.4 is 19.7 Å². The maximum atomic E-state index is 6.32. The Morgan fingerprint density at radius 1 is 1.00 bits per heavy atom. The molecule has 1 saturated heterocycles. The first-order valence-electron chi connectivity index (χ1n) is 11.2. The second-order valence-electron chi connectivity index (χ2n) is 8.27. The molecule has 0 amide bonds. The van der Waals surface area contributed by atoms with Crippen molar-refractivity contribution in [1.29, 1.82) is 0 Å². The van der Waals surface area contributed by atoms with Gasteiger partial charge in [0.15, 0.2) is 5.11 Å². The summed E-state index contributed by atoms with van der Waals surface area (Å²) in [4.78, 5) is 6.75. The van der Waals surface area contributed by atoms with E-state index in [1.165, 1.54) is 0 Å². The van der Waals surface area contributed by atoms with E-state index in [0.29, 0.717) is 16.6 Å². The molecule has 0 aliphatic carbocycles. The third kappa shape index (κ3) is 4.22. The van der Waals surface area contributed by atoms with Crippen LogP contribution in [-0.4, -0.2) is 28.9 Å². The minimum Gasteiger partial charge on any atom is -0.497 e. The van der Waals surface area contributed by atoms with Crippen molar-refractivity contribution in [3.05, 3.63) is 101 Å². The smallest absolute Gasteiger partial charge is 0.174 e. The highest BCUT2D eigenvalue weighted by Crippen LogP contribution is 2.45. The van der Waals surface area contributed by atoms with Gasteiger partial charge in [-0.3, -0.25) is 4.98 Å². The first kappa shape index (κ1) is 23.2. The number of benzene rings is 2. The summed E-state index contributed by atoms with van der Waals surface area (Å²) in [5.74, 6) is 1.38. The van der Waals surface area contributed by atoms with Gasteiger partial charge in [0.05, 0.1) is 31.6 Å². The molecule has 2 aromatic carbocycles. The number of hydrogen-bond donors (Lipinski definition) is 1. The summed E-state index contributed by atoms with van der Waals surface area (Å²) in [7, 11) is 3.28. The highest BCUT2D eigenvalue weighted by molar-refractivity contribution is 7.80. The molecule has 0 unspecified atom stereocenters. The molecule has 178 valence electrons. The molecule has 1 N–H and O–H groups in total. The predicted octanol–water partition coefficient (Wildman–Crippen LogP) is 6.03. The minimum absolute atomic E-state index is 0.183. The van der Waals surface area contributed by atoms with E-state index in [2.05, 4.69) is 38.1 Å². The summed E-state index contributed by atoms with van der Waals surface area (Å²) in [6, 6.07) is 21.5. The van der Waals surface area contributed by atoms with Crippen molar-refractivity contribution in [1.82, 2.24) is 14.9 Å². The lowest BCUT2D eigenvalue weighted by atomic mass is 10.0. The molecule has 1 aliphatic rings. The largest absolute Gasteiger partial charge is 0.497 e. The SMILES string of the molecule is COc1ccc(N2C(=S)N[C@H](c3ccccn3)[C@H]2c2cccn2-c2ccc(Cl)c(C)c2)c(OC)c1. The van der Waals surface area contributed by atoms with Gasteiger partial charge < -0.3 is 24.3 Å². The van der Waals surface area contributed by atoms with Crippen LogP contribution in [0.4, 0.5) is 5.69 Å². The Bertz CT molecular complexity index is 1370. The van der Waals surface area contributed by atoms with E-state index in [1.54, 1.807) is 20.4 Å². The Hall–Kier alpha value is -3.55. The maximum absolute atomic E-state index is 6.32.